The van der Waals surface area contributed by atoms with Gasteiger partial charge in [-0.05, 0) is 37.6 Å². The average Bonchev–Trinajstić information content (AvgIpc) is 2.44. The van der Waals surface area contributed by atoms with Crippen LogP contribution >= 0.6 is 11.8 Å². The maximum Gasteiger partial charge on any atom is 0.281 e. The zero-order valence-corrected chi connectivity index (χ0v) is 13.4. The van der Waals surface area contributed by atoms with Gasteiger partial charge in [-0.15, -0.1) is 0 Å². The predicted octanol–water partition coefficient (Wildman–Crippen LogP) is 3.66. The van der Waals surface area contributed by atoms with E-state index in [1.807, 2.05) is 31.2 Å². The SMILES string of the molecule is CCC(C)Oc1ccc(OCCSC(=O)N(C)C)cc1. The summed E-state index contributed by atoms with van der Waals surface area (Å²) in [4.78, 5) is 12.9. The van der Waals surface area contributed by atoms with Crippen molar-refractivity contribution in [1.82, 2.24) is 4.90 Å². The second-order valence-corrected chi connectivity index (χ2v) is 5.71. The summed E-state index contributed by atoms with van der Waals surface area (Å²) in [5.74, 6) is 2.28. The van der Waals surface area contributed by atoms with E-state index in [0.717, 1.165) is 17.9 Å². The highest BCUT2D eigenvalue weighted by atomic mass is 32.2. The molecule has 0 bridgehead atoms. The molecular weight excluding hydrogens is 274 g/mol. The number of rotatable bonds is 7. The molecular formula is C15H23NO3S. The maximum atomic E-state index is 11.3. The van der Waals surface area contributed by atoms with Crippen LogP contribution in [-0.2, 0) is 0 Å². The lowest BCUT2D eigenvalue weighted by Gasteiger charge is -2.13. The molecule has 0 aromatic heterocycles. The first-order valence-electron chi connectivity index (χ1n) is 6.76. The molecule has 0 aliphatic rings. The van der Waals surface area contributed by atoms with Gasteiger partial charge in [-0.1, -0.05) is 18.7 Å². The summed E-state index contributed by atoms with van der Waals surface area (Å²) in [5, 5.41) is 0.0471. The molecule has 0 saturated heterocycles. The van der Waals surface area contributed by atoms with E-state index in [2.05, 4.69) is 6.92 Å². The monoisotopic (exact) mass is 297 g/mol. The Hall–Kier alpha value is -1.36. The second-order valence-electron chi connectivity index (χ2n) is 4.67. The molecule has 112 valence electrons. The Labute approximate surface area is 125 Å². The number of benzene rings is 1. The normalized spacial score (nSPS) is 11.8. The Balaban J connectivity index is 2.29. The second kappa shape index (κ2) is 8.74. The molecule has 0 aliphatic heterocycles. The largest absolute Gasteiger partial charge is 0.493 e. The molecule has 5 heteroatoms. The van der Waals surface area contributed by atoms with Crippen LogP contribution in [0.15, 0.2) is 24.3 Å². The molecule has 0 radical (unpaired) electrons. The van der Waals surface area contributed by atoms with Crippen LogP contribution in [-0.4, -0.2) is 42.7 Å². The van der Waals surface area contributed by atoms with Crippen molar-refractivity contribution in [1.29, 1.82) is 0 Å². The first-order valence-corrected chi connectivity index (χ1v) is 7.75. The summed E-state index contributed by atoms with van der Waals surface area (Å²) in [6.07, 6.45) is 1.20. The minimum atomic E-state index is 0.0471. The number of carbonyl (C=O) groups is 1. The van der Waals surface area contributed by atoms with Gasteiger partial charge in [0.25, 0.3) is 5.24 Å². The topological polar surface area (TPSA) is 38.8 Å². The number of thioether (sulfide) groups is 1. The quantitative estimate of drug-likeness (QED) is 0.720. The Morgan fingerprint density at radius 2 is 1.85 bits per heavy atom. The van der Waals surface area contributed by atoms with Crippen molar-refractivity contribution in [2.75, 3.05) is 26.5 Å². The fourth-order valence-corrected chi connectivity index (χ4v) is 1.95. The number of hydrogen-bond donors (Lipinski definition) is 0. The van der Waals surface area contributed by atoms with Crippen LogP contribution in [0.4, 0.5) is 4.79 Å². The fraction of sp³-hybridized carbons (Fsp3) is 0.533. The fourth-order valence-electron chi connectivity index (χ4n) is 1.35. The van der Waals surface area contributed by atoms with E-state index in [-0.39, 0.29) is 11.3 Å². The van der Waals surface area contributed by atoms with Crippen LogP contribution in [0, 0.1) is 0 Å². The van der Waals surface area contributed by atoms with Gasteiger partial charge in [0.15, 0.2) is 0 Å². The number of carbonyl (C=O) groups excluding carboxylic acids is 1. The van der Waals surface area contributed by atoms with Crippen LogP contribution in [0.25, 0.3) is 0 Å². The Morgan fingerprint density at radius 3 is 2.40 bits per heavy atom. The third-order valence-corrected chi connectivity index (χ3v) is 3.66. The van der Waals surface area contributed by atoms with Crippen molar-refractivity contribution in [2.24, 2.45) is 0 Å². The molecule has 0 fully saturated rings. The maximum absolute atomic E-state index is 11.3. The molecule has 0 heterocycles. The van der Waals surface area contributed by atoms with Crippen LogP contribution in [0.3, 0.4) is 0 Å². The van der Waals surface area contributed by atoms with E-state index in [4.69, 9.17) is 9.47 Å². The number of hydrogen-bond acceptors (Lipinski definition) is 4. The number of nitrogens with zero attached hydrogens (tertiary/aromatic N) is 1. The lowest BCUT2D eigenvalue weighted by Crippen LogP contribution is -2.17. The average molecular weight is 297 g/mol. The third kappa shape index (κ3) is 6.19. The Kier molecular flexibility index (Phi) is 7.30. The predicted molar refractivity (Wildman–Crippen MR) is 83.9 cm³/mol. The molecule has 1 aromatic rings. The van der Waals surface area contributed by atoms with Crippen molar-refractivity contribution in [3.63, 3.8) is 0 Å². The number of ether oxygens (including phenoxy) is 2. The van der Waals surface area contributed by atoms with Gasteiger partial charge in [-0.25, -0.2) is 0 Å². The van der Waals surface area contributed by atoms with Crippen LogP contribution in [0.1, 0.15) is 20.3 Å². The smallest absolute Gasteiger partial charge is 0.281 e. The van der Waals surface area contributed by atoms with Gasteiger partial charge in [0.05, 0.1) is 12.7 Å². The van der Waals surface area contributed by atoms with Crippen LogP contribution < -0.4 is 9.47 Å². The van der Waals surface area contributed by atoms with Gasteiger partial charge in [0.2, 0.25) is 0 Å². The first-order chi connectivity index (χ1) is 9.52. The minimum absolute atomic E-state index is 0.0471. The van der Waals surface area contributed by atoms with Crippen LogP contribution in [0.2, 0.25) is 0 Å². The molecule has 1 atom stereocenters. The zero-order chi connectivity index (χ0) is 15.0. The van der Waals surface area contributed by atoms with Gasteiger partial charge >= 0.3 is 0 Å². The molecule has 0 N–H and O–H groups in total. The molecule has 4 nitrogen and oxygen atoms in total. The highest BCUT2D eigenvalue weighted by Gasteiger charge is 2.04. The third-order valence-electron chi connectivity index (χ3n) is 2.68. The van der Waals surface area contributed by atoms with Gasteiger partial charge < -0.3 is 14.4 Å². The molecule has 1 unspecified atom stereocenters. The highest BCUT2D eigenvalue weighted by Crippen LogP contribution is 2.19. The van der Waals surface area contributed by atoms with Crippen molar-refractivity contribution in [2.45, 2.75) is 26.4 Å². The van der Waals surface area contributed by atoms with E-state index in [1.54, 1.807) is 19.0 Å². The van der Waals surface area contributed by atoms with E-state index in [0.29, 0.717) is 12.4 Å². The van der Waals surface area contributed by atoms with Gasteiger partial charge in [0.1, 0.15) is 11.5 Å². The lowest BCUT2D eigenvalue weighted by molar-refractivity contribution is 0.217. The van der Waals surface area contributed by atoms with E-state index in [9.17, 15) is 4.79 Å². The summed E-state index contributed by atoms with van der Waals surface area (Å²) in [5.41, 5.74) is 0. The molecule has 20 heavy (non-hydrogen) atoms. The number of amides is 1. The molecule has 0 aliphatic carbocycles. The van der Waals surface area contributed by atoms with Crippen molar-refractivity contribution in [3.8, 4) is 11.5 Å². The summed E-state index contributed by atoms with van der Waals surface area (Å²) in [7, 11) is 3.48. The molecule has 1 aromatic carbocycles. The molecule has 0 spiro atoms. The van der Waals surface area contributed by atoms with E-state index >= 15 is 0 Å². The highest BCUT2D eigenvalue weighted by molar-refractivity contribution is 8.13. The summed E-state index contributed by atoms with van der Waals surface area (Å²) in [6, 6.07) is 7.57. The van der Waals surface area contributed by atoms with Gasteiger partial charge in [-0.2, -0.15) is 0 Å². The lowest BCUT2D eigenvalue weighted by atomic mass is 10.3. The summed E-state index contributed by atoms with van der Waals surface area (Å²) < 4.78 is 11.3. The standard InChI is InChI=1S/C15H23NO3S/c1-5-12(2)19-14-8-6-13(7-9-14)18-10-11-20-15(17)16(3)4/h6-9,12H,5,10-11H2,1-4H3. The summed E-state index contributed by atoms with van der Waals surface area (Å²) in [6.45, 7) is 4.65. The van der Waals surface area contributed by atoms with Crippen molar-refractivity contribution >= 4 is 17.0 Å². The first kappa shape index (κ1) is 16.7. The summed E-state index contributed by atoms with van der Waals surface area (Å²) >= 11 is 1.26. The zero-order valence-electron chi connectivity index (χ0n) is 12.6. The molecule has 0 saturated carbocycles. The minimum Gasteiger partial charge on any atom is -0.493 e. The van der Waals surface area contributed by atoms with E-state index in [1.165, 1.54) is 11.8 Å². The van der Waals surface area contributed by atoms with Crippen molar-refractivity contribution < 1.29 is 14.3 Å². The van der Waals surface area contributed by atoms with Crippen molar-refractivity contribution in [3.05, 3.63) is 24.3 Å². The molecule has 1 rings (SSSR count). The van der Waals surface area contributed by atoms with E-state index < -0.39 is 0 Å². The van der Waals surface area contributed by atoms with Gasteiger partial charge in [-0.3, -0.25) is 4.79 Å². The molecule has 1 amide bonds. The Bertz CT molecular complexity index is 406. The van der Waals surface area contributed by atoms with Gasteiger partial charge in [0, 0.05) is 19.8 Å². The Morgan fingerprint density at radius 1 is 1.25 bits per heavy atom. The van der Waals surface area contributed by atoms with Crippen LogP contribution in [0.5, 0.6) is 11.5 Å².